The average Bonchev–Trinajstić information content (AvgIpc) is 3.08. The van der Waals surface area contributed by atoms with Crippen molar-refractivity contribution in [2.75, 3.05) is 29.9 Å². The number of amides is 2. The van der Waals surface area contributed by atoms with E-state index in [-0.39, 0.29) is 12.4 Å². The van der Waals surface area contributed by atoms with Gasteiger partial charge in [-0.05, 0) is 43.9 Å². The highest BCUT2D eigenvalue weighted by molar-refractivity contribution is 5.89. The summed E-state index contributed by atoms with van der Waals surface area (Å²) in [6.45, 7) is 1.98. The predicted octanol–water partition coefficient (Wildman–Crippen LogP) is 3.24. The lowest BCUT2D eigenvalue weighted by molar-refractivity contribution is 0.00755. The van der Waals surface area contributed by atoms with Crippen LogP contribution in [0.4, 0.5) is 20.6 Å². The minimum absolute atomic E-state index is 0.229. The van der Waals surface area contributed by atoms with Gasteiger partial charge in [0.25, 0.3) is 0 Å². The van der Waals surface area contributed by atoms with Crippen LogP contribution in [-0.4, -0.2) is 36.4 Å². The van der Waals surface area contributed by atoms with Crippen LogP contribution in [-0.2, 0) is 0 Å². The number of rotatable bonds is 4. The summed E-state index contributed by atoms with van der Waals surface area (Å²) in [4.78, 5) is 14.0. The number of urea groups is 1. The van der Waals surface area contributed by atoms with E-state index >= 15 is 0 Å². The number of halogens is 1. The molecule has 1 aliphatic carbocycles. The van der Waals surface area contributed by atoms with Crippen LogP contribution in [0.25, 0.3) is 0 Å². The molecule has 24 heavy (non-hydrogen) atoms. The van der Waals surface area contributed by atoms with Gasteiger partial charge in [-0.15, -0.1) is 0 Å². The van der Waals surface area contributed by atoms with E-state index in [9.17, 15) is 14.3 Å². The summed E-state index contributed by atoms with van der Waals surface area (Å²) in [5, 5.41) is 15.7. The highest BCUT2D eigenvalue weighted by Gasteiger charge is 2.29. The second-order valence-corrected chi connectivity index (χ2v) is 6.95. The maximum atomic E-state index is 14.2. The Bertz CT molecular complexity index is 582. The minimum Gasteiger partial charge on any atom is -0.388 e. The molecule has 1 saturated heterocycles. The molecule has 0 atom stereocenters. The van der Waals surface area contributed by atoms with Crippen LogP contribution in [0.3, 0.4) is 0 Å². The third-order valence-corrected chi connectivity index (χ3v) is 5.01. The van der Waals surface area contributed by atoms with E-state index in [0.29, 0.717) is 24.2 Å². The second kappa shape index (κ2) is 7.38. The predicted molar refractivity (Wildman–Crippen MR) is 92.9 cm³/mol. The molecule has 3 rings (SSSR count). The van der Waals surface area contributed by atoms with Gasteiger partial charge in [0.1, 0.15) is 5.82 Å². The lowest BCUT2D eigenvalue weighted by Crippen LogP contribution is -2.45. The van der Waals surface area contributed by atoms with Gasteiger partial charge >= 0.3 is 6.03 Å². The van der Waals surface area contributed by atoms with Crippen molar-refractivity contribution in [3.05, 3.63) is 24.0 Å². The van der Waals surface area contributed by atoms with Crippen LogP contribution in [0.5, 0.6) is 0 Å². The SMILES string of the molecule is O=C(NCC1(O)CCCCC1)Nc1ccc(N2CCCC2)c(F)c1. The van der Waals surface area contributed by atoms with E-state index in [0.717, 1.165) is 45.2 Å². The number of hydrogen-bond donors (Lipinski definition) is 3. The first-order valence-electron chi connectivity index (χ1n) is 8.88. The molecule has 2 fully saturated rings. The number of carbonyl (C=O) groups is 1. The summed E-state index contributed by atoms with van der Waals surface area (Å²) in [5.41, 5.74) is 0.207. The van der Waals surface area contributed by atoms with Gasteiger partial charge in [-0.1, -0.05) is 19.3 Å². The molecule has 0 aromatic heterocycles. The Morgan fingerprint density at radius 3 is 2.54 bits per heavy atom. The van der Waals surface area contributed by atoms with Crippen LogP contribution in [0.15, 0.2) is 18.2 Å². The van der Waals surface area contributed by atoms with E-state index in [1.165, 1.54) is 6.07 Å². The molecule has 0 radical (unpaired) electrons. The third-order valence-electron chi connectivity index (χ3n) is 5.01. The Kier molecular flexibility index (Phi) is 5.23. The van der Waals surface area contributed by atoms with E-state index in [2.05, 4.69) is 10.6 Å². The maximum Gasteiger partial charge on any atom is 0.319 e. The Labute approximate surface area is 142 Å². The fourth-order valence-electron chi connectivity index (χ4n) is 3.61. The average molecular weight is 335 g/mol. The zero-order valence-corrected chi connectivity index (χ0v) is 14.0. The monoisotopic (exact) mass is 335 g/mol. The minimum atomic E-state index is -0.805. The van der Waals surface area contributed by atoms with Gasteiger partial charge in [-0.3, -0.25) is 0 Å². The van der Waals surface area contributed by atoms with Crippen molar-refractivity contribution in [1.29, 1.82) is 0 Å². The van der Waals surface area contributed by atoms with E-state index in [4.69, 9.17) is 0 Å². The summed E-state index contributed by atoms with van der Waals surface area (Å²) in [6.07, 6.45) is 6.72. The number of nitrogens with zero attached hydrogens (tertiary/aromatic N) is 1. The molecule has 3 N–H and O–H groups in total. The number of aliphatic hydroxyl groups is 1. The van der Waals surface area contributed by atoms with Crippen LogP contribution in [0.2, 0.25) is 0 Å². The van der Waals surface area contributed by atoms with Gasteiger partial charge in [-0.25, -0.2) is 9.18 Å². The number of nitrogens with one attached hydrogen (secondary N) is 2. The highest BCUT2D eigenvalue weighted by atomic mass is 19.1. The standard InChI is InChI=1S/C18H26FN3O2/c19-15-12-14(6-7-16(15)22-10-4-5-11-22)21-17(23)20-13-18(24)8-2-1-3-9-18/h6-7,12,24H,1-5,8-11,13H2,(H2,20,21,23). The summed E-state index contributed by atoms with van der Waals surface area (Å²) in [6, 6.07) is 4.36. The van der Waals surface area contributed by atoms with Crippen LogP contribution in [0, 0.1) is 5.82 Å². The highest BCUT2D eigenvalue weighted by Crippen LogP contribution is 2.28. The van der Waals surface area contributed by atoms with Gasteiger partial charge in [0.05, 0.1) is 11.3 Å². The fraction of sp³-hybridized carbons (Fsp3) is 0.611. The normalized spacial score (nSPS) is 20.0. The van der Waals surface area contributed by atoms with Crippen LogP contribution < -0.4 is 15.5 Å². The zero-order valence-electron chi connectivity index (χ0n) is 14.0. The maximum absolute atomic E-state index is 14.2. The lowest BCUT2D eigenvalue weighted by Gasteiger charge is -2.32. The molecule has 1 aromatic rings. The van der Waals surface area contributed by atoms with Crippen LogP contribution in [0.1, 0.15) is 44.9 Å². The number of benzene rings is 1. The van der Waals surface area contributed by atoms with Crippen molar-refractivity contribution in [1.82, 2.24) is 5.32 Å². The quantitative estimate of drug-likeness (QED) is 0.791. The molecule has 132 valence electrons. The molecule has 5 nitrogen and oxygen atoms in total. The molecule has 1 aromatic carbocycles. The molecule has 1 aliphatic heterocycles. The molecule has 0 spiro atoms. The lowest BCUT2D eigenvalue weighted by atomic mass is 9.85. The molecule has 0 unspecified atom stereocenters. The number of anilines is 2. The molecule has 0 bridgehead atoms. The summed E-state index contributed by atoms with van der Waals surface area (Å²) in [7, 11) is 0. The fourth-order valence-corrected chi connectivity index (χ4v) is 3.61. The van der Waals surface area contributed by atoms with Crippen molar-refractivity contribution >= 4 is 17.4 Å². The van der Waals surface area contributed by atoms with Crippen molar-refractivity contribution in [3.8, 4) is 0 Å². The molecular weight excluding hydrogens is 309 g/mol. The first-order chi connectivity index (χ1) is 11.6. The summed E-state index contributed by atoms with van der Waals surface area (Å²) >= 11 is 0. The topological polar surface area (TPSA) is 64.6 Å². The molecule has 1 heterocycles. The Morgan fingerprint density at radius 2 is 1.88 bits per heavy atom. The zero-order chi connectivity index (χ0) is 17.0. The summed E-state index contributed by atoms with van der Waals surface area (Å²) in [5.74, 6) is -0.319. The van der Waals surface area contributed by atoms with Crippen molar-refractivity contribution < 1.29 is 14.3 Å². The van der Waals surface area contributed by atoms with Gasteiger partial charge in [0.2, 0.25) is 0 Å². The van der Waals surface area contributed by atoms with Gasteiger partial charge in [0, 0.05) is 25.3 Å². The van der Waals surface area contributed by atoms with Crippen molar-refractivity contribution in [2.45, 2.75) is 50.5 Å². The van der Waals surface area contributed by atoms with E-state index in [1.807, 2.05) is 4.90 Å². The Morgan fingerprint density at radius 1 is 1.17 bits per heavy atom. The molecule has 2 amide bonds. The van der Waals surface area contributed by atoms with E-state index < -0.39 is 11.6 Å². The molecule has 1 saturated carbocycles. The van der Waals surface area contributed by atoms with E-state index in [1.54, 1.807) is 12.1 Å². The first kappa shape index (κ1) is 17.0. The number of carbonyl (C=O) groups excluding carboxylic acids is 1. The Balaban J connectivity index is 1.53. The smallest absolute Gasteiger partial charge is 0.319 e. The van der Waals surface area contributed by atoms with Crippen LogP contribution >= 0.6 is 0 Å². The van der Waals surface area contributed by atoms with Crippen molar-refractivity contribution in [3.63, 3.8) is 0 Å². The number of hydrogen-bond acceptors (Lipinski definition) is 3. The van der Waals surface area contributed by atoms with Gasteiger partial charge in [0.15, 0.2) is 0 Å². The second-order valence-electron chi connectivity index (χ2n) is 6.95. The molecule has 6 heteroatoms. The third kappa shape index (κ3) is 4.17. The largest absolute Gasteiger partial charge is 0.388 e. The first-order valence-corrected chi connectivity index (χ1v) is 8.88. The Hall–Kier alpha value is -1.82. The van der Waals surface area contributed by atoms with Gasteiger partial charge in [-0.2, -0.15) is 0 Å². The molecular formula is C18H26FN3O2. The summed E-state index contributed by atoms with van der Waals surface area (Å²) < 4.78 is 14.2. The van der Waals surface area contributed by atoms with Gasteiger partial charge < -0.3 is 20.6 Å². The van der Waals surface area contributed by atoms with Crippen molar-refractivity contribution in [2.24, 2.45) is 0 Å². The molecule has 2 aliphatic rings.